The molecule has 0 aliphatic heterocycles. The van der Waals surface area contributed by atoms with Crippen LogP contribution in [0.1, 0.15) is 43.8 Å². The number of benzene rings is 1. The number of hydrogen-bond acceptors (Lipinski definition) is 7. The molecule has 3 rings (SSSR count). The van der Waals surface area contributed by atoms with Gasteiger partial charge in [-0.1, -0.05) is 31.0 Å². The van der Waals surface area contributed by atoms with Crippen LogP contribution in [0.5, 0.6) is 0 Å². The summed E-state index contributed by atoms with van der Waals surface area (Å²) < 4.78 is 15.1. The molecule has 0 bridgehead atoms. The number of amides is 1. The van der Waals surface area contributed by atoms with Crippen LogP contribution in [0.4, 0.5) is 15.8 Å². The Bertz CT molecular complexity index is 853. The molecule has 1 heterocycles. The number of nitrogens with two attached hydrogens (primary N) is 1. The molecule has 0 radical (unpaired) electrons. The van der Waals surface area contributed by atoms with E-state index in [9.17, 15) is 19.3 Å². The van der Waals surface area contributed by atoms with E-state index in [-0.39, 0.29) is 23.0 Å². The Balaban J connectivity index is 1.60. The molecule has 144 valence electrons. The topological polar surface area (TPSA) is 129 Å². The van der Waals surface area contributed by atoms with E-state index in [4.69, 9.17) is 5.84 Å². The summed E-state index contributed by atoms with van der Waals surface area (Å²) in [6, 6.07) is 2.95. The van der Waals surface area contributed by atoms with Gasteiger partial charge in [0.15, 0.2) is 5.82 Å². The third-order valence-corrected chi connectivity index (χ3v) is 5.37. The van der Waals surface area contributed by atoms with Crippen LogP contribution in [0.3, 0.4) is 0 Å². The van der Waals surface area contributed by atoms with Gasteiger partial charge < -0.3 is 11.2 Å². The number of thioether (sulfide) groups is 1. The first-order valence-corrected chi connectivity index (χ1v) is 9.51. The maximum atomic E-state index is 13.7. The van der Waals surface area contributed by atoms with Gasteiger partial charge in [-0.25, -0.2) is 9.07 Å². The average molecular weight is 394 g/mol. The molecule has 1 amide bonds. The number of halogens is 1. The fourth-order valence-corrected chi connectivity index (χ4v) is 3.73. The second-order valence-electron chi connectivity index (χ2n) is 6.30. The van der Waals surface area contributed by atoms with Crippen molar-refractivity contribution in [3.05, 3.63) is 40.0 Å². The lowest BCUT2D eigenvalue weighted by Crippen LogP contribution is -2.20. The number of rotatable bonds is 6. The number of non-ortho nitro benzene ring substituents is 1. The lowest BCUT2D eigenvalue weighted by atomic mass is 9.89. The van der Waals surface area contributed by atoms with Crippen molar-refractivity contribution in [1.29, 1.82) is 0 Å². The molecule has 27 heavy (non-hydrogen) atoms. The van der Waals surface area contributed by atoms with Crippen molar-refractivity contribution in [1.82, 2.24) is 14.9 Å². The van der Waals surface area contributed by atoms with Gasteiger partial charge in [-0.2, -0.15) is 0 Å². The second kappa shape index (κ2) is 8.33. The van der Waals surface area contributed by atoms with Crippen LogP contribution >= 0.6 is 11.8 Å². The number of aromatic nitrogens is 3. The summed E-state index contributed by atoms with van der Waals surface area (Å²) in [5.41, 5.74) is -0.551. The highest BCUT2D eigenvalue weighted by atomic mass is 32.2. The molecule has 1 aliphatic rings. The summed E-state index contributed by atoms with van der Waals surface area (Å²) in [7, 11) is 0. The van der Waals surface area contributed by atoms with E-state index in [1.807, 2.05) is 0 Å². The van der Waals surface area contributed by atoms with Crippen molar-refractivity contribution in [3.63, 3.8) is 0 Å². The van der Waals surface area contributed by atoms with Crippen molar-refractivity contribution in [2.24, 2.45) is 0 Å². The van der Waals surface area contributed by atoms with Crippen LogP contribution in [0.15, 0.2) is 23.4 Å². The van der Waals surface area contributed by atoms with Gasteiger partial charge in [0.05, 0.1) is 16.4 Å². The minimum absolute atomic E-state index is 0.0812. The van der Waals surface area contributed by atoms with Crippen LogP contribution in [0, 0.1) is 15.9 Å². The first-order valence-electron chi connectivity index (χ1n) is 8.52. The number of hydrogen-bond donors (Lipinski definition) is 2. The molecule has 1 saturated carbocycles. The fourth-order valence-electron chi connectivity index (χ4n) is 3.06. The minimum Gasteiger partial charge on any atom is -0.336 e. The van der Waals surface area contributed by atoms with Gasteiger partial charge in [0.1, 0.15) is 5.82 Å². The van der Waals surface area contributed by atoms with Crippen molar-refractivity contribution < 1.29 is 14.1 Å². The molecule has 11 heteroatoms. The van der Waals surface area contributed by atoms with Gasteiger partial charge in [0, 0.05) is 18.1 Å². The molecule has 0 saturated heterocycles. The number of nitrogens with zero attached hydrogens (tertiary/aromatic N) is 4. The van der Waals surface area contributed by atoms with Gasteiger partial charge >= 0.3 is 0 Å². The van der Waals surface area contributed by atoms with Crippen molar-refractivity contribution >= 4 is 29.0 Å². The zero-order valence-corrected chi connectivity index (χ0v) is 15.2. The molecule has 0 atom stereocenters. The monoisotopic (exact) mass is 394 g/mol. The number of carbonyl (C=O) groups is 1. The predicted octanol–water partition coefficient (Wildman–Crippen LogP) is 2.82. The smallest absolute Gasteiger partial charge is 0.271 e. The summed E-state index contributed by atoms with van der Waals surface area (Å²) >= 11 is 1.07. The van der Waals surface area contributed by atoms with E-state index in [0.29, 0.717) is 11.0 Å². The molecule has 0 unspecified atom stereocenters. The third-order valence-electron chi connectivity index (χ3n) is 4.43. The van der Waals surface area contributed by atoms with Crippen LogP contribution in [0.2, 0.25) is 0 Å². The number of nitrogen functional groups attached to an aromatic ring is 1. The Labute approximate surface area is 158 Å². The lowest BCUT2D eigenvalue weighted by Gasteiger charge is -2.20. The SMILES string of the molecule is Nn1c(SCC(=O)Nc2cc([N+](=O)[O-])ccc2F)nnc1C1CCCCC1. The van der Waals surface area contributed by atoms with Crippen LogP contribution in [-0.4, -0.2) is 31.5 Å². The molecule has 1 fully saturated rings. The Morgan fingerprint density at radius 1 is 1.37 bits per heavy atom. The Morgan fingerprint density at radius 3 is 2.81 bits per heavy atom. The Morgan fingerprint density at radius 2 is 2.11 bits per heavy atom. The summed E-state index contributed by atoms with van der Waals surface area (Å²) in [4.78, 5) is 22.2. The maximum Gasteiger partial charge on any atom is 0.271 e. The molecule has 1 aromatic carbocycles. The highest BCUT2D eigenvalue weighted by Crippen LogP contribution is 2.32. The molecule has 1 aromatic heterocycles. The third kappa shape index (κ3) is 4.54. The van der Waals surface area contributed by atoms with Gasteiger partial charge in [0.2, 0.25) is 11.1 Å². The van der Waals surface area contributed by atoms with E-state index in [2.05, 4.69) is 15.5 Å². The minimum atomic E-state index is -0.750. The van der Waals surface area contributed by atoms with Crippen LogP contribution < -0.4 is 11.2 Å². The number of carbonyl (C=O) groups excluding carboxylic acids is 1. The first kappa shape index (κ1) is 19.1. The summed E-state index contributed by atoms with van der Waals surface area (Å²) in [5.74, 6) is 5.68. The zero-order valence-electron chi connectivity index (χ0n) is 14.4. The van der Waals surface area contributed by atoms with Gasteiger partial charge in [0.25, 0.3) is 5.69 Å². The molecular formula is C16H19FN6O3S. The number of anilines is 1. The van der Waals surface area contributed by atoms with E-state index < -0.39 is 16.6 Å². The van der Waals surface area contributed by atoms with Crippen molar-refractivity contribution in [2.45, 2.75) is 43.2 Å². The quantitative estimate of drug-likeness (QED) is 0.333. The Kier molecular flexibility index (Phi) is 5.89. The zero-order chi connectivity index (χ0) is 19.4. The van der Waals surface area contributed by atoms with Gasteiger partial charge in [-0.15, -0.1) is 10.2 Å². The summed E-state index contributed by atoms with van der Waals surface area (Å²) in [5, 5.41) is 21.7. The molecule has 1 aliphatic carbocycles. The molecular weight excluding hydrogens is 375 g/mol. The lowest BCUT2D eigenvalue weighted by molar-refractivity contribution is -0.384. The number of nitrogens with one attached hydrogen (secondary N) is 1. The molecule has 9 nitrogen and oxygen atoms in total. The fraction of sp³-hybridized carbons (Fsp3) is 0.438. The highest BCUT2D eigenvalue weighted by Gasteiger charge is 2.23. The van der Waals surface area contributed by atoms with Crippen LogP contribution in [-0.2, 0) is 4.79 Å². The standard InChI is InChI=1S/C16H19FN6O3S/c17-12-7-6-11(23(25)26)8-13(12)19-14(24)9-27-16-21-20-15(22(16)18)10-4-2-1-3-5-10/h6-8,10H,1-5,9,18H2,(H,19,24). The second-order valence-corrected chi connectivity index (χ2v) is 7.25. The molecule has 3 N–H and O–H groups in total. The van der Waals surface area contributed by atoms with Crippen LogP contribution in [0.25, 0.3) is 0 Å². The average Bonchev–Trinajstić information content (AvgIpc) is 3.03. The Hall–Kier alpha value is -2.69. The highest BCUT2D eigenvalue weighted by molar-refractivity contribution is 7.99. The van der Waals surface area contributed by atoms with E-state index in [1.54, 1.807) is 0 Å². The van der Waals surface area contributed by atoms with E-state index in [1.165, 1.54) is 11.1 Å². The van der Waals surface area contributed by atoms with Gasteiger partial charge in [-0.05, 0) is 18.9 Å². The summed E-state index contributed by atoms with van der Waals surface area (Å²) in [6.07, 6.45) is 5.53. The van der Waals surface area contributed by atoms with Crippen molar-refractivity contribution in [2.75, 3.05) is 16.9 Å². The van der Waals surface area contributed by atoms with E-state index in [0.717, 1.165) is 55.6 Å². The number of nitro groups is 1. The van der Waals surface area contributed by atoms with E-state index >= 15 is 0 Å². The molecule has 0 spiro atoms. The molecule has 2 aromatic rings. The normalized spacial score (nSPS) is 14.9. The number of nitro benzene ring substituents is 1. The largest absolute Gasteiger partial charge is 0.336 e. The first-order chi connectivity index (χ1) is 13.0. The van der Waals surface area contributed by atoms with Gasteiger partial charge in [-0.3, -0.25) is 14.9 Å². The predicted molar refractivity (Wildman–Crippen MR) is 98.4 cm³/mol. The maximum absolute atomic E-state index is 13.7. The summed E-state index contributed by atoms with van der Waals surface area (Å²) in [6.45, 7) is 0. The van der Waals surface area contributed by atoms with Crippen molar-refractivity contribution in [3.8, 4) is 0 Å².